The molecule has 0 unspecified atom stereocenters. The molecule has 0 saturated carbocycles. The molecular weight excluding hydrogens is 178 g/mol. The summed E-state index contributed by atoms with van der Waals surface area (Å²) in [4.78, 5) is 4.04. The lowest BCUT2D eigenvalue weighted by Crippen LogP contribution is -1.91. The van der Waals surface area contributed by atoms with Crippen molar-refractivity contribution < 1.29 is 9.47 Å². The normalized spacial score (nSPS) is 8.79. The van der Waals surface area contributed by atoms with Crippen LogP contribution in [0.4, 0.5) is 0 Å². The third-order valence-corrected chi connectivity index (χ3v) is 1.90. The predicted octanol–water partition coefficient (Wildman–Crippen LogP) is 2.56. The van der Waals surface area contributed by atoms with Gasteiger partial charge in [-0.3, -0.25) is 0 Å². The molecule has 0 bridgehead atoms. The summed E-state index contributed by atoms with van der Waals surface area (Å²) in [7, 11) is 3.27. The molecular formula is C11H14NO2+. The number of ether oxygens (including phenoxy) is 2. The van der Waals surface area contributed by atoms with Crippen LogP contribution in [-0.2, 0) is 6.54 Å². The predicted molar refractivity (Wildman–Crippen MR) is 56.2 cm³/mol. The molecule has 0 spiro atoms. The number of methoxy groups -OCH3 is 2. The standard InChI is InChI=1S/C11H14NO2/c1-4-12-8-9-5-6-10(13-2)7-11(9)14-3/h5-7H,8H2,1-3H3/q+1. The third kappa shape index (κ3) is 2.40. The largest absolute Gasteiger partial charge is 0.497 e. The minimum Gasteiger partial charge on any atom is -0.497 e. The molecule has 14 heavy (non-hydrogen) atoms. The number of rotatable bonds is 3. The van der Waals surface area contributed by atoms with E-state index in [9.17, 15) is 0 Å². The maximum Gasteiger partial charge on any atom is 0.292 e. The van der Waals surface area contributed by atoms with E-state index in [0.717, 1.165) is 17.1 Å². The first-order valence-corrected chi connectivity index (χ1v) is 4.36. The Labute approximate surface area is 84.1 Å². The topological polar surface area (TPSA) is 22.8 Å². The van der Waals surface area contributed by atoms with E-state index in [0.29, 0.717) is 6.54 Å². The Kier molecular flexibility index (Phi) is 3.81. The minimum absolute atomic E-state index is 0.587. The maximum absolute atomic E-state index is 5.22. The van der Waals surface area contributed by atoms with Crippen molar-refractivity contribution in [3.63, 3.8) is 0 Å². The second kappa shape index (κ2) is 5.13. The summed E-state index contributed by atoms with van der Waals surface area (Å²) in [6.45, 7) is 2.36. The molecule has 0 atom stereocenters. The molecule has 0 aliphatic carbocycles. The Balaban J connectivity index is 2.96. The lowest BCUT2D eigenvalue weighted by Gasteiger charge is -2.05. The van der Waals surface area contributed by atoms with Gasteiger partial charge in [0.05, 0.1) is 26.7 Å². The Morgan fingerprint density at radius 3 is 2.64 bits per heavy atom. The van der Waals surface area contributed by atoms with Gasteiger partial charge in [-0.25, -0.2) is 0 Å². The van der Waals surface area contributed by atoms with Gasteiger partial charge in [0.15, 0.2) is 0 Å². The van der Waals surface area contributed by atoms with E-state index in [1.165, 1.54) is 0 Å². The Morgan fingerprint density at radius 1 is 1.29 bits per heavy atom. The van der Waals surface area contributed by atoms with Crippen molar-refractivity contribution in [2.45, 2.75) is 13.5 Å². The van der Waals surface area contributed by atoms with Gasteiger partial charge in [0.25, 0.3) is 12.6 Å². The molecule has 0 aliphatic rings. The molecule has 0 radical (unpaired) electrons. The van der Waals surface area contributed by atoms with Crippen molar-refractivity contribution in [2.24, 2.45) is 0 Å². The van der Waals surface area contributed by atoms with E-state index < -0.39 is 0 Å². The summed E-state index contributed by atoms with van der Waals surface area (Å²) in [5.74, 6) is 1.58. The molecule has 0 fully saturated rings. The van der Waals surface area contributed by atoms with Gasteiger partial charge < -0.3 is 9.47 Å². The Hall–Kier alpha value is -1.69. The van der Waals surface area contributed by atoms with Crippen LogP contribution in [-0.4, -0.2) is 14.2 Å². The van der Waals surface area contributed by atoms with Gasteiger partial charge in [0.1, 0.15) is 11.5 Å². The molecule has 3 heteroatoms. The fourth-order valence-electron chi connectivity index (χ4n) is 1.15. The molecule has 0 aliphatic heterocycles. The lowest BCUT2D eigenvalue weighted by atomic mass is 10.2. The van der Waals surface area contributed by atoms with Gasteiger partial charge in [-0.05, 0) is 12.1 Å². The second-order valence-electron chi connectivity index (χ2n) is 2.72. The van der Waals surface area contributed by atoms with Gasteiger partial charge in [-0.2, -0.15) is 0 Å². The van der Waals surface area contributed by atoms with Gasteiger partial charge in [-0.1, -0.05) is 4.85 Å². The van der Waals surface area contributed by atoms with Gasteiger partial charge in [0.2, 0.25) is 0 Å². The van der Waals surface area contributed by atoms with Crippen molar-refractivity contribution in [3.05, 3.63) is 28.6 Å². The van der Waals surface area contributed by atoms with Crippen molar-refractivity contribution in [3.8, 4) is 17.6 Å². The highest BCUT2D eigenvalue weighted by Crippen LogP contribution is 2.24. The third-order valence-electron chi connectivity index (χ3n) is 1.90. The van der Waals surface area contributed by atoms with Crippen LogP contribution in [0.15, 0.2) is 18.2 Å². The van der Waals surface area contributed by atoms with E-state index in [2.05, 4.69) is 10.9 Å². The van der Waals surface area contributed by atoms with E-state index >= 15 is 0 Å². The molecule has 0 heterocycles. The lowest BCUT2D eigenvalue weighted by molar-refractivity contribution is 0.391. The SMILES string of the molecule is CC#[N+]Cc1ccc(OC)cc1OC. The zero-order valence-electron chi connectivity index (χ0n) is 8.70. The van der Waals surface area contributed by atoms with Crippen LogP contribution in [0.2, 0.25) is 0 Å². The first-order valence-electron chi connectivity index (χ1n) is 4.36. The Morgan fingerprint density at radius 2 is 2.07 bits per heavy atom. The van der Waals surface area contributed by atoms with Crippen LogP contribution in [0, 0.1) is 6.07 Å². The summed E-state index contributed by atoms with van der Waals surface area (Å²) in [5, 5.41) is 0. The molecule has 1 aromatic rings. The van der Waals surface area contributed by atoms with E-state index in [4.69, 9.17) is 9.47 Å². The van der Waals surface area contributed by atoms with Crippen molar-refractivity contribution in [1.29, 1.82) is 0 Å². The summed E-state index contributed by atoms with van der Waals surface area (Å²) in [6.07, 6.45) is 0. The summed E-state index contributed by atoms with van der Waals surface area (Å²) in [6, 6.07) is 8.42. The van der Waals surface area contributed by atoms with Gasteiger partial charge >= 0.3 is 0 Å². The number of benzene rings is 1. The number of nitrogens with zero attached hydrogens (tertiary/aromatic N) is 1. The fourth-order valence-corrected chi connectivity index (χ4v) is 1.15. The smallest absolute Gasteiger partial charge is 0.292 e. The molecule has 0 saturated heterocycles. The van der Waals surface area contributed by atoms with Crippen LogP contribution >= 0.6 is 0 Å². The van der Waals surface area contributed by atoms with E-state index in [1.54, 1.807) is 21.1 Å². The molecule has 0 N–H and O–H groups in total. The highest BCUT2D eigenvalue weighted by atomic mass is 16.5. The monoisotopic (exact) mass is 192 g/mol. The second-order valence-corrected chi connectivity index (χ2v) is 2.72. The summed E-state index contributed by atoms with van der Waals surface area (Å²) in [5.41, 5.74) is 1.03. The van der Waals surface area contributed by atoms with Crippen LogP contribution in [0.3, 0.4) is 0 Å². The minimum atomic E-state index is 0.587. The fraction of sp³-hybridized carbons (Fsp3) is 0.364. The van der Waals surface area contributed by atoms with Crippen LogP contribution in [0.25, 0.3) is 4.85 Å². The first-order chi connectivity index (χ1) is 6.81. The maximum atomic E-state index is 5.22. The summed E-state index contributed by atoms with van der Waals surface area (Å²) < 4.78 is 10.3. The molecule has 0 amide bonds. The van der Waals surface area contributed by atoms with E-state index in [-0.39, 0.29) is 0 Å². The van der Waals surface area contributed by atoms with Crippen LogP contribution < -0.4 is 9.47 Å². The van der Waals surface area contributed by atoms with Crippen LogP contribution in [0.5, 0.6) is 11.5 Å². The van der Waals surface area contributed by atoms with Crippen molar-refractivity contribution in [2.75, 3.05) is 14.2 Å². The zero-order chi connectivity index (χ0) is 10.4. The van der Waals surface area contributed by atoms with Gasteiger partial charge in [0, 0.05) is 6.07 Å². The quantitative estimate of drug-likeness (QED) is 0.734. The highest BCUT2D eigenvalue weighted by Gasteiger charge is 2.07. The van der Waals surface area contributed by atoms with Crippen molar-refractivity contribution in [1.82, 2.24) is 0 Å². The first kappa shape index (κ1) is 10.4. The van der Waals surface area contributed by atoms with Gasteiger partial charge in [-0.15, -0.1) is 0 Å². The zero-order valence-corrected chi connectivity index (χ0v) is 8.70. The molecule has 74 valence electrons. The van der Waals surface area contributed by atoms with Crippen LogP contribution in [0.1, 0.15) is 12.5 Å². The number of hydrogen-bond acceptors (Lipinski definition) is 2. The number of hydrogen-bond donors (Lipinski definition) is 0. The molecule has 0 aromatic heterocycles. The van der Waals surface area contributed by atoms with E-state index in [1.807, 2.05) is 18.2 Å². The summed E-state index contributed by atoms with van der Waals surface area (Å²) >= 11 is 0. The average Bonchev–Trinajstić information content (AvgIpc) is 2.26. The molecule has 3 nitrogen and oxygen atoms in total. The highest BCUT2D eigenvalue weighted by molar-refractivity contribution is 5.41. The Bertz CT molecular complexity index is 363. The van der Waals surface area contributed by atoms with Crippen molar-refractivity contribution >= 4 is 0 Å². The molecule has 1 aromatic carbocycles. The average molecular weight is 192 g/mol. The molecule has 1 rings (SSSR count).